The minimum absolute atomic E-state index is 0.0925. The van der Waals surface area contributed by atoms with Gasteiger partial charge in [-0.05, 0) is 11.5 Å². The molecule has 5 heteroatoms. The molecular formula is C18H22O5. The third-order valence-corrected chi connectivity index (χ3v) is 3.39. The van der Waals surface area contributed by atoms with E-state index in [-0.39, 0.29) is 18.1 Å². The summed E-state index contributed by atoms with van der Waals surface area (Å²) in [7, 11) is 0. The van der Waals surface area contributed by atoms with E-state index in [1.807, 2.05) is 44.2 Å². The van der Waals surface area contributed by atoms with Crippen LogP contribution in [0.4, 0.5) is 0 Å². The van der Waals surface area contributed by atoms with Gasteiger partial charge in [0, 0.05) is 18.8 Å². The fourth-order valence-corrected chi connectivity index (χ4v) is 2.37. The number of allylic oxidation sites excluding steroid dienone is 1. The summed E-state index contributed by atoms with van der Waals surface area (Å²) in [6.45, 7) is 3.77. The molecule has 23 heavy (non-hydrogen) atoms. The second-order valence-electron chi connectivity index (χ2n) is 5.93. The van der Waals surface area contributed by atoms with Crippen LogP contribution in [0.3, 0.4) is 0 Å². The average molecular weight is 318 g/mol. The Balaban J connectivity index is 3.00. The fraction of sp³-hybridized carbons (Fsp3) is 0.389. The molecule has 0 saturated carbocycles. The number of carbonyl (C=O) groups excluding carboxylic acids is 1. The number of carbonyl (C=O) groups is 3. The summed E-state index contributed by atoms with van der Waals surface area (Å²) >= 11 is 0. The lowest BCUT2D eigenvalue weighted by molar-refractivity contribution is -0.156. The van der Waals surface area contributed by atoms with Crippen molar-refractivity contribution >= 4 is 23.8 Å². The van der Waals surface area contributed by atoms with Crippen LogP contribution < -0.4 is 0 Å². The lowest BCUT2D eigenvalue weighted by atomic mass is 9.85. The molecular weight excluding hydrogens is 296 g/mol. The van der Waals surface area contributed by atoms with Crippen LogP contribution in [-0.2, 0) is 14.4 Å². The molecule has 0 amide bonds. The number of carboxylic acids is 2. The van der Waals surface area contributed by atoms with Gasteiger partial charge < -0.3 is 10.2 Å². The lowest BCUT2D eigenvalue weighted by Crippen LogP contribution is -2.31. The second-order valence-corrected chi connectivity index (χ2v) is 5.93. The SMILES string of the molecule is CC(C)CC(=O)CC(/C=C/c1ccccc1)C(C(=O)O)C(=O)O. The van der Waals surface area contributed by atoms with Crippen molar-refractivity contribution in [3.8, 4) is 0 Å². The molecule has 0 bridgehead atoms. The quantitative estimate of drug-likeness (QED) is 0.683. The highest BCUT2D eigenvalue weighted by molar-refractivity contribution is 5.94. The summed E-state index contributed by atoms with van der Waals surface area (Å²) in [5, 5.41) is 18.4. The van der Waals surface area contributed by atoms with Gasteiger partial charge in [0.25, 0.3) is 0 Å². The van der Waals surface area contributed by atoms with E-state index in [1.165, 1.54) is 6.08 Å². The summed E-state index contributed by atoms with van der Waals surface area (Å²) in [6, 6.07) is 9.13. The molecule has 0 aromatic heterocycles. The molecule has 0 saturated heterocycles. The first-order valence-corrected chi connectivity index (χ1v) is 7.51. The van der Waals surface area contributed by atoms with Gasteiger partial charge in [0.05, 0.1) is 0 Å². The number of benzene rings is 1. The molecule has 5 nitrogen and oxygen atoms in total. The molecule has 2 N–H and O–H groups in total. The van der Waals surface area contributed by atoms with Crippen LogP contribution in [0.5, 0.6) is 0 Å². The Bertz CT molecular complexity index is 560. The first-order valence-electron chi connectivity index (χ1n) is 7.51. The molecule has 0 fully saturated rings. The van der Waals surface area contributed by atoms with Gasteiger partial charge in [-0.3, -0.25) is 14.4 Å². The maximum absolute atomic E-state index is 12.0. The zero-order chi connectivity index (χ0) is 17.4. The van der Waals surface area contributed by atoms with Crippen molar-refractivity contribution < 1.29 is 24.6 Å². The Morgan fingerprint density at radius 3 is 2.04 bits per heavy atom. The van der Waals surface area contributed by atoms with Gasteiger partial charge in [0.15, 0.2) is 5.92 Å². The molecule has 1 aromatic carbocycles. The van der Waals surface area contributed by atoms with E-state index >= 15 is 0 Å². The van der Waals surface area contributed by atoms with Crippen molar-refractivity contribution in [2.24, 2.45) is 17.8 Å². The Morgan fingerprint density at radius 2 is 1.57 bits per heavy atom. The highest BCUT2D eigenvalue weighted by atomic mass is 16.4. The topological polar surface area (TPSA) is 91.7 Å². The Kier molecular flexibility index (Phi) is 7.19. The highest BCUT2D eigenvalue weighted by Crippen LogP contribution is 2.22. The summed E-state index contributed by atoms with van der Waals surface area (Å²) in [5.41, 5.74) is 0.823. The molecule has 0 aliphatic heterocycles. The van der Waals surface area contributed by atoms with Crippen molar-refractivity contribution in [2.75, 3.05) is 0 Å². The maximum atomic E-state index is 12.0. The zero-order valence-electron chi connectivity index (χ0n) is 13.3. The standard InChI is InChI=1S/C18H22O5/c1-12(2)10-15(19)11-14(16(17(20)21)18(22)23)9-8-13-6-4-3-5-7-13/h3-9,12,14,16H,10-11H2,1-2H3,(H,20,21)(H,22,23)/b9-8+. The molecule has 1 rings (SSSR count). The van der Waals surface area contributed by atoms with E-state index in [2.05, 4.69) is 0 Å². The minimum Gasteiger partial charge on any atom is -0.481 e. The average Bonchev–Trinajstić information content (AvgIpc) is 2.44. The molecule has 1 atom stereocenters. The highest BCUT2D eigenvalue weighted by Gasteiger charge is 2.34. The van der Waals surface area contributed by atoms with E-state index in [0.717, 1.165) is 5.56 Å². The van der Waals surface area contributed by atoms with E-state index in [4.69, 9.17) is 0 Å². The first kappa shape index (κ1) is 18.6. The van der Waals surface area contributed by atoms with Crippen LogP contribution in [0.15, 0.2) is 36.4 Å². The third kappa shape index (κ3) is 6.46. The molecule has 0 spiro atoms. The van der Waals surface area contributed by atoms with Crippen LogP contribution >= 0.6 is 0 Å². The number of carboxylic acid groups (broad SMARTS) is 2. The number of ketones is 1. The van der Waals surface area contributed by atoms with Crippen molar-refractivity contribution in [1.29, 1.82) is 0 Å². The molecule has 0 aliphatic carbocycles. The zero-order valence-corrected chi connectivity index (χ0v) is 13.3. The van der Waals surface area contributed by atoms with Gasteiger partial charge >= 0.3 is 11.9 Å². The number of aliphatic carboxylic acids is 2. The van der Waals surface area contributed by atoms with Gasteiger partial charge in [-0.25, -0.2) is 0 Å². The Morgan fingerprint density at radius 1 is 1.00 bits per heavy atom. The van der Waals surface area contributed by atoms with Crippen molar-refractivity contribution in [3.05, 3.63) is 42.0 Å². The number of hydrogen-bond donors (Lipinski definition) is 2. The summed E-state index contributed by atoms with van der Waals surface area (Å²) in [5.74, 6) is -5.36. The monoisotopic (exact) mass is 318 g/mol. The molecule has 1 unspecified atom stereocenters. The van der Waals surface area contributed by atoms with E-state index in [0.29, 0.717) is 6.42 Å². The van der Waals surface area contributed by atoms with E-state index in [9.17, 15) is 24.6 Å². The Labute approximate surface area is 135 Å². The van der Waals surface area contributed by atoms with Crippen LogP contribution in [0.2, 0.25) is 0 Å². The summed E-state index contributed by atoms with van der Waals surface area (Å²) in [6.07, 6.45) is 3.39. The normalized spacial score (nSPS) is 12.7. The number of Topliss-reactive ketones (excluding diaryl/α,β-unsaturated/α-hetero) is 1. The summed E-state index contributed by atoms with van der Waals surface area (Å²) < 4.78 is 0. The van der Waals surface area contributed by atoms with Crippen molar-refractivity contribution in [2.45, 2.75) is 26.7 Å². The largest absolute Gasteiger partial charge is 0.481 e. The predicted molar refractivity (Wildman–Crippen MR) is 86.8 cm³/mol. The molecule has 0 aliphatic rings. The van der Waals surface area contributed by atoms with Gasteiger partial charge in [-0.1, -0.05) is 56.3 Å². The lowest BCUT2D eigenvalue weighted by Gasteiger charge is -2.17. The number of rotatable bonds is 9. The smallest absolute Gasteiger partial charge is 0.318 e. The van der Waals surface area contributed by atoms with Crippen LogP contribution in [0.1, 0.15) is 32.3 Å². The van der Waals surface area contributed by atoms with Crippen LogP contribution in [-0.4, -0.2) is 27.9 Å². The maximum Gasteiger partial charge on any atom is 0.318 e. The van der Waals surface area contributed by atoms with Crippen molar-refractivity contribution in [3.63, 3.8) is 0 Å². The predicted octanol–water partition coefficient (Wildman–Crippen LogP) is 3.11. The van der Waals surface area contributed by atoms with E-state index in [1.54, 1.807) is 6.08 Å². The minimum atomic E-state index is -1.63. The van der Waals surface area contributed by atoms with Crippen LogP contribution in [0, 0.1) is 17.8 Å². The Hall–Kier alpha value is -2.43. The molecule has 0 radical (unpaired) electrons. The van der Waals surface area contributed by atoms with Gasteiger partial charge in [0.2, 0.25) is 0 Å². The first-order chi connectivity index (χ1) is 10.8. The second kappa shape index (κ2) is 8.88. The fourth-order valence-electron chi connectivity index (χ4n) is 2.37. The van der Waals surface area contributed by atoms with E-state index < -0.39 is 23.8 Å². The van der Waals surface area contributed by atoms with Gasteiger partial charge in [-0.15, -0.1) is 0 Å². The van der Waals surface area contributed by atoms with Crippen LogP contribution in [0.25, 0.3) is 6.08 Å². The van der Waals surface area contributed by atoms with Gasteiger partial charge in [0.1, 0.15) is 5.78 Å². The third-order valence-electron chi connectivity index (χ3n) is 3.39. The number of hydrogen-bond acceptors (Lipinski definition) is 3. The summed E-state index contributed by atoms with van der Waals surface area (Å²) in [4.78, 5) is 34.5. The molecule has 124 valence electrons. The van der Waals surface area contributed by atoms with Crippen molar-refractivity contribution in [1.82, 2.24) is 0 Å². The molecule has 1 aromatic rings. The molecule has 0 heterocycles. The van der Waals surface area contributed by atoms with Gasteiger partial charge in [-0.2, -0.15) is 0 Å².